The standard InChI is InChI=1S/C15H26O6/c1-9(2)7-20-13(16)6-12(14(17)18)11(5)15(19)21-8-10(3)4/h9-12H,6-8H2,1-5H3,(H,17,18). The summed E-state index contributed by atoms with van der Waals surface area (Å²) in [4.78, 5) is 34.7. The van der Waals surface area contributed by atoms with E-state index in [-0.39, 0.29) is 31.5 Å². The molecule has 0 heterocycles. The van der Waals surface area contributed by atoms with Gasteiger partial charge >= 0.3 is 17.9 Å². The molecule has 0 bridgehead atoms. The second-order valence-electron chi connectivity index (χ2n) is 6.04. The van der Waals surface area contributed by atoms with Crippen molar-refractivity contribution in [3.63, 3.8) is 0 Å². The van der Waals surface area contributed by atoms with Crippen molar-refractivity contribution in [2.75, 3.05) is 13.2 Å². The van der Waals surface area contributed by atoms with Gasteiger partial charge in [-0.2, -0.15) is 0 Å². The van der Waals surface area contributed by atoms with Crippen LogP contribution in [-0.2, 0) is 23.9 Å². The molecule has 0 aromatic rings. The number of carbonyl (C=O) groups is 3. The van der Waals surface area contributed by atoms with Crippen LogP contribution < -0.4 is 0 Å². The highest BCUT2D eigenvalue weighted by Gasteiger charge is 2.33. The molecule has 0 aromatic heterocycles. The van der Waals surface area contributed by atoms with Gasteiger partial charge in [0.15, 0.2) is 0 Å². The fourth-order valence-corrected chi connectivity index (χ4v) is 1.52. The summed E-state index contributed by atoms with van der Waals surface area (Å²) in [7, 11) is 0. The number of carbonyl (C=O) groups excluding carboxylic acids is 2. The molecule has 0 aliphatic rings. The quantitative estimate of drug-likeness (QED) is 0.656. The van der Waals surface area contributed by atoms with Crippen LogP contribution in [0, 0.1) is 23.7 Å². The summed E-state index contributed by atoms with van der Waals surface area (Å²) >= 11 is 0. The summed E-state index contributed by atoms with van der Waals surface area (Å²) in [6.07, 6.45) is -0.333. The fourth-order valence-electron chi connectivity index (χ4n) is 1.52. The van der Waals surface area contributed by atoms with Crippen LogP contribution >= 0.6 is 0 Å². The van der Waals surface area contributed by atoms with Crippen LogP contribution in [-0.4, -0.2) is 36.2 Å². The third-order valence-corrected chi connectivity index (χ3v) is 2.82. The molecular formula is C15H26O6. The number of esters is 2. The summed E-state index contributed by atoms with van der Waals surface area (Å²) < 4.78 is 9.98. The largest absolute Gasteiger partial charge is 0.481 e. The Labute approximate surface area is 125 Å². The molecule has 0 aromatic carbocycles. The molecule has 0 aliphatic carbocycles. The number of carboxylic acids is 1. The second-order valence-corrected chi connectivity index (χ2v) is 6.04. The molecule has 6 heteroatoms. The van der Waals surface area contributed by atoms with E-state index in [1.54, 1.807) is 0 Å². The van der Waals surface area contributed by atoms with Gasteiger partial charge in [-0.3, -0.25) is 14.4 Å². The number of hydrogen-bond acceptors (Lipinski definition) is 5. The maximum Gasteiger partial charge on any atom is 0.309 e. The van der Waals surface area contributed by atoms with Gasteiger partial charge in [0.05, 0.1) is 31.5 Å². The van der Waals surface area contributed by atoms with E-state index in [9.17, 15) is 19.5 Å². The molecule has 0 radical (unpaired) electrons. The van der Waals surface area contributed by atoms with Crippen LogP contribution in [0.2, 0.25) is 0 Å². The molecule has 122 valence electrons. The minimum Gasteiger partial charge on any atom is -0.481 e. The molecule has 0 fully saturated rings. The average molecular weight is 302 g/mol. The first-order chi connectivity index (χ1) is 9.65. The van der Waals surface area contributed by atoms with E-state index in [0.29, 0.717) is 0 Å². The topological polar surface area (TPSA) is 89.9 Å². The number of aliphatic carboxylic acids is 1. The van der Waals surface area contributed by atoms with E-state index in [4.69, 9.17) is 9.47 Å². The Morgan fingerprint density at radius 3 is 1.81 bits per heavy atom. The Kier molecular flexibility index (Phi) is 8.66. The van der Waals surface area contributed by atoms with Gasteiger partial charge in [-0.15, -0.1) is 0 Å². The van der Waals surface area contributed by atoms with Crippen molar-refractivity contribution >= 4 is 17.9 Å². The molecule has 2 atom stereocenters. The van der Waals surface area contributed by atoms with Crippen molar-refractivity contribution in [3.05, 3.63) is 0 Å². The number of ether oxygens (including phenoxy) is 2. The van der Waals surface area contributed by atoms with Crippen LogP contribution in [0.4, 0.5) is 0 Å². The van der Waals surface area contributed by atoms with Crippen LogP contribution in [0.25, 0.3) is 0 Å². The summed E-state index contributed by atoms with van der Waals surface area (Å²) in [5, 5.41) is 9.18. The Morgan fingerprint density at radius 2 is 1.38 bits per heavy atom. The highest BCUT2D eigenvalue weighted by atomic mass is 16.5. The zero-order valence-electron chi connectivity index (χ0n) is 13.4. The van der Waals surface area contributed by atoms with Gasteiger partial charge < -0.3 is 14.6 Å². The zero-order chi connectivity index (χ0) is 16.6. The number of carboxylic acid groups (broad SMARTS) is 1. The van der Waals surface area contributed by atoms with Crippen LogP contribution in [0.3, 0.4) is 0 Å². The molecular weight excluding hydrogens is 276 g/mol. The van der Waals surface area contributed by atoms with Crippen molar-refractivity contribution in [1.29, 1.82) is 0 Å². The Bertz CT molecular complexity index is 361. The minimum absolute atomic E-state index is 0.167. The highest BCUT2D eigenvalue weighted by Crippen LogP contribution is 2.19. The maximum absolute atomic E-state index is 11.8. The van der Waals surface area contributed by atoms with Crippen LogP contribution in [0.15, 0.2) is 0 Å². The predicted molar refractivity (Wildman–Crippen MR) is 76.5 cm³/mol. The van der Waals surface area contributed by atoms with Gasteiger partial charge in [-0.25, -0.2) is 0 Å². The normalized spacial score (nSPS) is 13.9. The average Bonchev–Trinajstić information content (AvgIpc) is 2.38. The van der Waals surface area contributed by atoms with E-state index in [0.717, 1.165) is 0 Å². The minimum atomic E-state index is -1.20. The van der Waals surface area contributed by atoms with Crippen molar-refractivity contribution < 1.29 is 29.0 Å². The van der Waals surface area contributed by atoms with Gasteiger partial charge in [-0.1, -0.05) is 34.6 Å². The van der Waals surface area contributed by atoms with E-state index in [1.807, 2.05) is 27.7 Å². The lowest BCUT2D eigenvalue weighted by Gasteiger charge is -2.19. The second kappa shape index (κ2) is 9.37. The van der Waals surface area contributed by atoms with Crippen molar-refractivity contribution in [2.24, 2.45) is 23.7 Å². The van der Waals surface area contributed by atoms with Crippen LogP contribution in [0.5, 0.6) is 0 Å². The third-order valence-electron chi connectivity index (χ3n) is 2.82. The summed E-state index contributed by atoms with van der Waals surface area (Å²) in [6.45, 7) is 9.45. The summed E-state index contributed by atoms with van der Waals surface area (Å²) in [5.74, 6) is -4.11. The molecule has 0 aliphatic heterocycles. The molecule has 0 saturated heterocycles. The van der Waals surface area contributed by atoms with Crippen molar-refractivity contribution in [2.45, 2.75) is 41.0 Å². The Morgan fingerprint density at radius 1 is 0.905 bits per heavy atom. The number of hydrogen-bond donors (Lipinski definition) is 1. The fraction of sp³-hybridized carbons (Fsp3) is 0.800. The maximum atomic E-state index is 11.8. The zero-order valence-corrected chi connectivity index (χ0v) is 13.4. The first-order valence-corrected chi connectivity index (χ1v) is 7.20. The smallest absolute Gasteiger partial charge is 0.309 e. The molecule has 0 amide bonds. The van der Waals surface area contributed by atoms with Gasteiger partial charge in [0.2, 0.25) is 0 Å². The molecule has 1 N–H and O–H groups in total. The van der Waals surface area contributed by atoms with Gasteiger partial charge in [0, 0.05) is 0 Å². The predicted octanol–water partition coefficient (Wildman–Crippen LogP) is 2.11. The highest BCUT2D eigenvalue weighted by molar-refractivity contribution is 5.84. The lowest BCUT2D eigenvalue weighted by atomic mass is 9.91. The first kappa shape index (κ1) is 19.4. The third kappa shape index (κ3) is 8.32. The van der Waals surface area contributed by atoms with E-state index >= 15 is 0 Å². The molecule has 2 unspecified atom stereocenters. The van der Waals surface area contributed by atoms with Gasteiger partial charge in [0.1, 0.15) is 0 Å². The molecule has 0 rings (SSSR count). The molecule has 0 saturated carbocycles. The monoisotopic (exact) mass is 302 g/mol. The lowest BCUT2D eigenvalue weighted by molar-refractivity contribution is -0.161. The lowest BCUT2D eigenvalue weighted by Crippen LogP contribution is -2.32. The van der Waals surface area contributed by atoms with Crippen LogP contribution in [0.1, 0.15) is 41.0 Å². The van der Waals surface area contributed by atoms with Crippen molar-refractivity contribution in [1.82, 2.24) is 0 Å². The van der Waals surface area contributed by atoms with E-state index in [1.165, 1.54) is 6.92 Å². The van der Waals surface area contributed by atoms with Crippen molar-refractivity contribution in [3.8, 4) is 0 Å². The Hall–Kier alpha value is -1.59. The van der Waals surface area contributed by atoms with Gasteiger partial charge in [0.25, 0.3) is 0 Å². The number of rotatable bonds is 9. The van der Waals surface area contributed by atoms with E-state index in [2.05, 4.69) is 0 Å². The molecule has 21 heavy (non-hydrogen) atoms. The van der Waals surface area contributed by atoms with Gasteiger partial charge in [-0.05, 0) is 11.8 Å². The first-order valence-electron chi connectivity index (χ1n) is 7.20. The molecule has 0 spiro atoms. The SMILES string of the molecule is CC(C)COC(=O)CC(C(=O)O)C(C)C(=O)OCC(C)C. The summed E-state index contributed by atoms with van der Waals surface area (Å²) in [6, 6.07) is 0. The Balaban J connectivity index is 4.56. The molecule has 6 nitrogen and oxygen atoms in total. The van der Waals surface area contributed by atoms with E-state index < -0.39 is 29.7 Å². The summed E-state index contributed by atoms with van der Waals surface area (Å²) in [5.41, 5.74) is 0.